The predicted octanol–water partition coefficient (Wildman–Crippen LogP) is 1.61. The molecule has 1 aliphatic rings. The van der Waals surface area contributed by atoms with Crippen molar-refractivity contribution in [2.45, 2.75) is 19.4 Å². The second-order valence-electron chi connectivity index (χ2n) is 4.38. The van der Waals surface area contributed by atoms with Crippen LogP contribution in [0.25, 0.3) is 0 Å². The van der Waals surface area contributed by atoms with Gasteiger partial charge in [0.15, 0.2) is 0 Å². The number of nitrogens with two attached hydrogens (primary N) is 1. The topological polar surface area (TPSA) is 49.5 Å². The fraction of sp³-hybridized carbons (Fsp3) is 0.500. The van der Waals surface area contributed by atoms with Gasteiger partial charge < -0.3 is 15.7 Å². The second-order valence-corrected chi connectivity index (χ2v) is 4.38. The molecule has 1 aromatic carbocycles. The zero-order valence-electron chi connectivity index (χ0n) is 9.36. The average Bonchev–Trinajstić information content (AvgIpc) is 2.63. The molecular formula is C12H17FN2O. The molecule has 0 radical (unpaired) electrons. The molecule has 0 spiro atoms. The van der Waals surface area contributed by atoms with E-state index in [9.17, 15) is 9.50 Å². The van der Waals surface area contributed by atoms with E-state index in [1.165, 1.54) is 6.07 Å². The zero-order chi connectivity index (χ0) is 11.7. The number of anilines is 2. The minimum atomic E-state index is -0.395. The Hall–Kier alpha value is -1.29. The smallest absolute Gasteiger partial charge is 0.148 e. The lowest BCUT2D eigenvalue weighted by molar-refractivity contribution is 0.245. The van der Waals surface area contributed by atoms with Gasteiger partial charge in [0.2, 0.25) is 0 Å². The molecule has 2 rings (SSSR count). The van der Waals surface area contributed by atoms with Gasteiger partial charge in [-0.1, -0.05) is 13.0 Å². The molecule has 16 heavy (non-hydrogen) atoms. The molecule has 3 nitrogen and oxygen atoms in total. The molecule has 1 aliphatic heterocycles. The third-order valence-electron chi connectivity index (χ3n) is 3.41. The summed E-state index contributed by atoms with van der Waals surface area (Å²) in [5.74, 6) is 0.0152. The number of hydrogen-bond donors (Lipinski definition) is 2. The SMILES string of the molecule is CC1CCN(c2cccc(F)c2N)C1CO. The van der Waals surface area contributed by atoms with Gasteiger partial charge in [0, 0.05) is 6.54 Å². The Kier molecular flexibility index (Phi) is 3.01. The average molecular weight is 224 g/mol. The summed E-state index contributed by atoms with van der Waals surface area (Å²) in [4.78, 5) is 2.00. The van der Waals surface area contributed by atoms with Crippen LogP contribution in [0, 0.1) is 11.7 Å². The summed E-state index contributed by atoms with van der Waals surface area (Å²) >= 11 is 0. The number of benzene rings is 1. The highest BCUT2D eigenvalue weighted by molar-refractivity contribution is 5.69. The van der Waals surface area contributed by atoms with Crippen LogP contribution >= 0.6 is 0 Å². The molecule has 2 unspecified atom stereocenters. The van der Waals surface area contributed by atoms with Crippen molar-refractivity contribution in [1.82, 2.24) is 0 Å². The van der Waals surface area contributed by atoms with E-state index in [1.54, 1.807) is 12.1 Å². The fourth-order valence-electron chi connectivity index (χ4n) is 2.36. The van der Waals surface area contributed by atoms with Crippen molar-refractivity contribution < 1.29 is 9.50 Å². The number of rotatable bonds is 2. The monoisotopic (exact) mass is 224 g/mol. The van der Waals surface area contributed by atoms with E-state index in [4.69, 9.17) is 5.73 Å². The van der Waals surface area contributed by atoms with Crippen LogP contribution in [-0.4, -0.2) is 24.3 Å². The number of hydrogen-bond acceptors (Lipinski definition) is 3. The third kappa shape index (κ3) is 1.73. The summed E-state index contributed by atoms with van der Waals surface area (Å²) in [6.45, 7) is 2.99. The molecule has 0 aliphatic carbocycles. The zero-order valence-corrected chi connectivity index (χ0v) is 9.36. The van der Waals surface area contributed by atoms with Gasteiger partial charge in [-0.3, -0.25) is 0 Å². The molecule has 4 heteroatoms. The fourth-order valence-corrected chi connectivity index (χ4v) is 2.36. The van der Waals surface area contributed by atoms with E-state index in [0.29, 0.717) is 11.6 Å². The van der Waals surface area contributed by atoms with Gasteiger partial charge >= 0.3 is 0 Å². The molecule has 2 atom stereocenters. The first kappa shape index (κ1) is 11.2. The maximum absolute atomic E-state index is 13.3. The van der Waals surface area contributed by atoms with Gasteiger partial charge in [0.05, 0.1) is 24.0 Å². The second kappa shape index (κ2) is 4.29. The molecule has 0 saturated carbocycles. The number of aliphatic hydroxyl groups is 1. The van der Waals surface area contributed by atoms with E-state index in [0.717, 1.165) is 13.0 Å². The van der Waals surface area contributed by atoms with Gasteiger partial charge in [-0.2, -0.15) is 0 Å². The number of aliphatic hydroxyl groups excluding tert-OH is 1. The van der Waals surface area contributed by atoms with E-state index in [-0.39, 0.29) is 18.3 Å². The summed E-state index contributed by atoms with van der Waals surface area (Å²) < 4.78 is 13.3. The Bertz CT molecular complexity index is 383. The summed E-state index contributed by atoms with van der Waals surface area (Å²) in [5, 5.41) is 9.35. The van der Waals surface area contributed by atoms with Crippen molar-refractivity contribution in [1.29, 1.82) is 0 Å². The largest absolute Gasteiger partial charge is 0.395 e. The number of para-hydroxylation sites is 1. The maximum atomic E-state index is 13.3. The van der Waals surface area contributed by atoms with Crippen molar-refractivity contribution in [3.63, 3.8) is 0 Å². The normalized spacial score (nSPS) is 25.1. The van der Waals surface area contributed by atoms with Crippen LogP contribution in [0.3, 0.4) is 0 Å². The quantitative estimate of drug-likeness (QED) is 0.750. The number of nitrogens with zero attached hydrogens (tertiary/aromatic N) is 1. The lowest BCUT2D eigenvalue weighted by atomic mass is 10.0. The lowest BCUT2D eigenvalue weighted by Crippen LogP contribution is -2.35. The third-order valence-corrected chi connectivity index (χ3v) is 3.41. The molecule has 3 N–H and O–H groups in total. The molecule has 88 valence electrons. The lowest BCUT2D eigenvalue weighted by Gasteiger charge is -2.28. The molecule has 1 fully saturated rings. The molecule has 1 aromatic rings. The Morgan fingerprint density at radius 1 is 1.56 bits per heavy atom. The Labute approximate surface area is 94.7 Å². The summed E-state index contributed by atoms with van der Waals surface area (Å²) in [6.07, 6.45) is 1.00. The molecule has 1 heterocycles. The maximum Gasteiger partial charge on any atom is 0.148 e. The minimum absolute atomic E-state index is 0.0455. The van der Waals surface area contributed by atoms with E-state index in [1.807, 2.05) is 4.90 Å². The molecule has 0 amide bonds. The van der Waals surface area contributed by atoms with Crippen LogP contribution in [0.2, 0.25) is 0 Å². The van der Waals surface area contributed by atoms with Gasteiger partial charge in [0.1, 0.15) is 5.82 Å². The highest BCUT2D eigenvalue weighted by atomic mass is 19.1. The van der Waals surface area contributed by atoms with Crippen LogP contribution in [0.4, 0.5) is 15.8 Å². The Balaban J connectivity index is 2.34. The summed E-state index contributed by atoms with van der Waals surface area (Å²) in [6, 6.07) is 4.85. The summed E-state index contributed by atoms with van der Waals surface area (Å²) in [7, 11) is 0. The van der Waals surface area contributed by atoms with Crippen LogP contribution < -0.4 is 10.6 Å². The first-order valence-corrected chi connectivity index (χ1v) is 5.56. The highest BCUT2D eigenvalue weighted by Crippen LogP contribution is 2.34. The van der Waals surface area contributed by atoms with Crippen molar-refractivity contribution in [2.75, 3.05) is 23.8 Å². The first-order valence-electron chi connectivity index (χ1n) is 5.56. The van der Waals surface area contributed by atoms with Crippen molar-refractivity contribution in [3.05, 3.63) is 24.0 Å². The molecule has 0 bridgehead atoms. The highest BCUT2D eigenvalue weighted by Gasteiger charge is 2.31. The summed E-state index contributed by atoms with van der Waals surface area (Å²) in [5.41, 5.74) is 6.60. The van der Waals surface area contributed by atoms with Crippen molar-refractivity contribution in [2.24, 2.45) is 5.92 Å². The van der Waals surface area contributed by atoms with Crippen molar-refractivity contribution in [3.8, 4) is 0 Å². The van der Waals surface area contributed by atoms with E-state index in [2.05, 4.69) is 6.92 Å². The van der Waals surface area contributed by atoms with Gasteiger partial charge in [-0.15, -0.1) is 0 Å². The first-order chi connectivity index (χ1) is 7.65. The van der Waals surface area contributed by atoms with Crippen LogP contribution in [0.1, 0.15) is 13.3 Å². The Morgan fingerprint density at radius 2 is 2.31 bits per heavy atom. The minimum Gasteiger partial charge on any atom is -0.395 e. The van der Waals surface area contributed by atoms with Crippen LogP contribution in [-0.2, 0) is 0 Å². The van der Waals surface area contributed by atoms with Crippen molar-refractivity contribution >= 4 is 11.4 Å². The number of halogens is 1. The van der Waals surface area contributed by atoms with Gasteiger partial charge in [0.25, 0.3) is 0 Å². The van der Waals surface area contributed by atoms with Crippen LogP contribution in [0.15, 0.2) is 18.2 Å². The Morgan fingerprint density at radius 3 is 3.00 bits per heavy atom. The molecule has 1 saturated heterocycles. The van der Waals surface area contributed by atoms with E-state index < -0.39 is 5.82 Å². The van der Waals surface area contributed by atoms with Gasteiger partial charge in [-0.25, -0.2) is 4.39 Å². The molecular weight excluding hydrogens is 207 g/mol. The van der Waals surface area contributed by atoms with Gasteiger partial charge in [-0.05, 0) is 24.5 Å². The van der Waals surface area contributed by atoms with E-state index >= 15 is 0 Å². The standard InChI is InChI=1S/C12H17FN2O/c1-8-5-6-15(11(8)7-16)10-4-2-3-9(13)12(10)14/h2-4,8,11,16H,5-7,14H2,1H3. The molecule has 0 aromatic heterocycles. The van der Waals surface area contributed by atoms with Crippen LogP contribution in [0.5, 0.6) is 0 Å². The predicted molar refractivity (Wildman–Crippen MR) is 62.8 cm³/mol. The number of nitrogen functional groups attached to an aromatic ring is 1.